The van der Waals surface area contributed by atoms with Crippen LogP contribution in [0.15, 0.2) is 35.7 Å². The second-order valence-electron chi connectivity index (χ2n) is 4.33. The van der Waals surface area contributed by atoms with E-state index in [2.05, 4.69) is 32.0 Å². The lowest BCUT2D eigenvalue weighted by atomic mass is 10.00. The van der Waals surface area contributed by atoms with Gasteiger partial charge in [-0.3, -0.25) is 4.79 Å². The van der Waals surface area contributed by atoms with Crippen LogP contribution in [0.4, 0.5) is 0 Å². The van der Waals surface area contributed by atoms with Crippen LogP contribution in [-0.4, -0.2) is 5.78 Å². The molecule has 0 fully saturated rings. The van der Waals surface area contributed by atoms with Crippen LogP contribution in [0.25, 0.3) is 0 Å². The lowest BCUT2D eigenvalue weighted by Gasteiger charge is -2.06. The van der Waals surface area contributed by atoms with Crippen molar-refractivity contribution in [1.82, 2.24) is 0 Å². The highest BCUT2D eigenvalue weighted by Crippen LogP contribution is 2.16. The Morgan fingerprint density at radius 3 is 2.76 bits per heavy atom. The minimum Gasteiger partial charge on any atom is -0.293 e. The van der Waals surface area contributed by atoms with Crippen LogP contribution in [0.2, 0.25) is 0 Å². The van der Waals surface area contributed by atoms with Gasteiger partial charge in [0, 0.05) is 6.42 Å². The van der Waals surface area contributed by atoms with Crippen LogP contribution in [0.1, 0.15) is 32.8 Å². The maximum atomic E-state index is 11.9. The number of hydrogen-bond donors (Lipinski definition) is 0. The van der Waals surface area contributed by atoms with Gasteiger partial charge in [0.05, 0.1) is 4.88 Å². The standard InChI is InChI=1S/C15H16OS/c1-11-5-6-12(2)13(10-11)7-8-14(16)15-4-3-9-17-15/h3-6,9-10H,7-8H2,1-2H3. The number of carbonyl (C=O) groups is 1. The average molecular weight is 244 g/mol. The van der Waals surface area contributed by atoms with E-state index in [-0.39, 0.29) is 5.78 Å². The Morgan fingerprint density at radius 1 is 1.24 bits per heavy atom. The number of carbonyl (C=O) groups excluding carboxylic acids is 1. The SMILES string of the molecule is Cc1ccc(C)c(CCC(=O)c2cccs2)c1. The number of ketones is 1. The average Bonchev–Trinajstić information content (AvgIpc) is 2.83. The molecule has 0 atom stereocenters. The fraction of sp³-hybridized carbons (Fsp3) is 0.267. The largest absolute Gasteiger partial charge is 0.293 e. The highest BCUT2D eigenvalue weighted by Gasteiger charge is 2.08. The highest BCUT2D eigenvalue weighted by molar-refractivity contribution is 7.12. The summed E-state index contributed by atoms with van der Waals surface area (Å²) in [6, 6.07) is 10.2. The van der Waals surface area contributed by atoms with Crippen LogP contribution in [0.5, 0.6) is 0 Å². The van der Waals surface area contributed by atoms with Crippen LogP contribution in [0.3, 0.4) is 0 Å². The molecule has 0 aliphatic heterocycles. The molecule has 1 heterocycles. The maximum Gasteiger partial charge on any atom is 0.173 e. The van der Waals surface area contributed by atoms with Crippen molar-refractivity contribution in [3.8, 4) is 0 Å². The van der Waals surface area contributed by atoms with Crippen molar-refractivity contribution in [3.63, 3.8) is 0 Å². The number of hydrogen-bond acceptors (Lipinski definition) is 2. The summed E-state index contributed by atoms with van der Waals surface area (Å²) in [5.41, 5.74) is 3.82. The molecule has 2 heteroatoms. The van der Waals surface area contributed by atoms with E-state index in [1.807, 2.05) is 17.5 Å². The zero-order valence-corrected chi connectivity index (χ0v) is 11.0. The Balaban J connectivity index is 2.03. The van der Waals surface area contributed by atoms with Crippen molar-refractivity contribution in [2.75, 3.05) is 0 Å². The first-order valence-electron chi connectivity index (χ1n) is 5.79. The minimum atomic E-state index is 0.251. The molecule has 2 aromatic rings. The minimum absolute atomic E-state index is 0.251. The smallest absolute Gasteiger partial charge is 0.173 e. The van der Waals surface area contributed by atoms with Gasteiger partial charge in [-0.05, 0) is 42.8 Å². The predicted molar refractivity (Wildman–Crippen MR) is 72.9 cm³/mol. The Labute approximate surface area is 106 Å². The van der Waals surface area contributed by atoms with Gasteiger partial charge in [-0.25, -0.2) is 0 Å². The van der Waals surface area contributed by atoms with Crippen molar-refractivity contribution < 1.29 is 4.79 Å². The topological polar surface area (TPSA) is 17.1 Å². The lowest BCUT2D eigenvalue weighted by molar-refractivity contribution is 0.0986. The molecule has 0 unspecified atom stereocenters. The summed E-state index contributed by atoms with van der Waals surface area (Å²) in [6.45, 7) is 4.19. The van der Waals surface area contributed by atoms with E-state index in [0.717, 1.165) is 11.3 Å². The monoisotopic (exact) mass is 244 g/mol. The van der Waals surface area contributed by atoms with Crippen molar-refractivity contribution >= 4 is 17.1 Å². The van der Waals surface area contributed by atoms with Gasteiger partial charge in [-0.2, -0.15) is 0 Å². The molecule has 0 saturated carbocycles. The third-order valence-electron chi connectivity index (χ3n) is 2.92. The Morgan fingerprint density at radius 2 is 2.06 bits per heavy atom. The lowest BCUT2D eigenvalue weighted by Crippen LogP contribution is -2.00. The van der Waals surface area contributed by atoms with Gasteiger partial charge in [0.15, 0.2) is 5.78 Å². The Kier molecular flexibility index (Phi) is 3.75. The van der Waals surface area contributed by atoms with Crippen molar-refractivity contribution in [3.05, 3.63) is 57.3 Å². The Hall–Kier alpha value is -1.41. The fourth-order valence-corrected chi connectivity index (χ4v) is 2.57. The van der Waals surface area contributed by atoms with Crippen molar-refractivity contribution in [2.24, 2.45) is 0 Å². The molecule has 0 aliphatic rings. The quantitative estimate of drug-likeness (QED) is 0.737. The molecule has 0 bridgehead atoms. The first kappa shape index (κ1) is 12.1. The first-order chi connectivity index (χ1) is 8.16. The van der Waals surface area contributed by atoms with Crippen LogP contribution >= 0.6 is 11.3 Å². The van der Waals surface area contributed by atoms with E-state index in [9.17, 15) is 4.79 Å². The normalized spacial score (nSPS) is 10.5. The molecule has 17 heavy (non-hydrogen) atoms. The molecule has 1 aromatic heterocycles. The van der Waals surface area contributed by atoms with E-state index in [1.165, 1.54) is 28.0 Å². The molecule has 0 radical (unpaired) electrons. The molecule has 88 valence electrons. The van der Waals surface area contributed by atoms with E-state index in [1.54, 1.807) is 0 Å². The van der Waals surface area contributed by atoms with Gasteiger partial charge in [0.25, 0.3) is 0 Å². The highest BCUT2D eigenvalue weighted by atomic mass is 32.1. The van der Waals surface area contributed by atoms with Crippen LogP contribution < -0.4 is 0 Å². The summed E-state index contributed by atoms with van der Waals surface area (Å²) in [5, 5.41) is 1.95. The molecule has 0 spiro atoms. The van der Waals surface area contributed by atoms with Crippen molar-refractivity contribution in [2.45, 2.75) is 26.7 Å². The molecule has 0 aliphatic carbocycles. The second-order valence-corrected chi connectivity index (χ2v) is 5.28. The van der Waals surface area contributed by atoms with E-state index >= 15 is 0 Å². The summed E-state index contributed by atoms with van der Waals surface area (Å²) in [7, 11) is 0. The Bertz CT molecular complexity index is 512. The summed E-state index contributed by atoms with van der Waals surface area (Å²) in [5.74, 6) is 0.251. The first-order valence-corrected chi connectivity index (χ1v) is 6.67. The maximum absolute atomic E-state index is 11.9. The van der Waals surface area contributed by atoms with Gasteiger partial charge in [-0.15, -0.1) is 11.3 Å². The number of rotatable bonds is 4. The molecular weight excluding hydrogens is 228 g/mol. The van der Waals surface area contributed by atoms with Gasteiger partial charge in [0.1, 0.15) is 0 Å². The van der Waals surface area contributed by atoms with Gasteiger partial charge in [0.2, 0.25) is 0 Å². The number of aryl methyl sites for hydroxylation is 3. The summed E-state index contributed by atoms with van der Waals surface area (Å²) in [6.07, 6.45) is 1.44. The molecule has 0 saturated heterocycles. The van der Waals surface area contributed by atoms with Crippen LogP contribution in [0, 0.1) is 13.8 Å². The van der Waals surface area contributed by atoms with E-state index < -0.39 is 0 Å². The zero-order valence-electron chi connectivity index (χ0n) is 10.2. The summed E-state index contributed by atoms with van der Waals surface area (Å²) < 4.78 is 0. The molecule has 2 rings (SSSR count). The van der Waals surface area contributed by atoms with Crippen LogP contribution in [-0.2, 0) is 6.42 Å². The number of thiophene rings is 1. The van der Waals surface area contributed by atoms with Gasteiger partial charge in [-0.1, -0.05) is 29.8 Å². The summed E-state index contributed by atoms with van der Waals surface area (Å²) in [4.78, 5) is 12.8. The molecule has 1 nitrogen and oxygen atoms in total. The number of benzene rings is 1. The summed E-state index contributed by atoms with van der Waals surface area (Å²) >= 11 is 1.52. The predicted octanol–water partition coefficient (Wildman–Crippen LogP) is 4.18. The van der Waals surface area contributed by atoms with Gasteiger partial charge < -0.3 is 0 Å². The third-order valence-corrected chi connectivity index (χ3v) is 3.83. The van der Waals surface area contributed by atoms with E-state index in [4.69, 9.17) is 0 Å². The fourth-order valence-electron chi connectivity index (χ4n) is 1.88. The van der Waals surface area contributed by atoms with Crippen molar-refractivity contribution in [1.29, 1.82) is 0 Å². The zero-order chi connectivity index (χ0) is 12.3. The van der Waals surface area contributed by atoms with E-state index in [0.29, 0.717) is 6.42 Å². The van der Waals surface area contributed by atoms with Gasteiger partial charge >= 0.3 is 0 Å². The second kappa shape index (κ2) is 5.28. The number of Topliss-reactive ketones (excluding diaryl/α,β-unsaturated/α-hetero) is 1. The molecule has 1 aromatic carbocycles. The molecule has 0 amide bonds. The molecular formula is C15H16OS. The third kappa shape index (κ3) is 3.04. The molecule has 0 N–H and O–H groups in total.